The lowest BCUT2D eigenvalue weighted by molar-refractivity contribution is 0.0255. The maximum atomic E-state index is 12.6. The minimum Gasteiger partial charge on any atom is -0.477 e. The van der Waals surface area contributed by atoms with Gasteiger partial charge in [-0.1, -0.05) is 17.7 Å². The molecule has 1 aromatic carbocycles. The first kappa shape index (κ1) is 22.7. The van der Waals surface area contributed by atoms with Crippen molar-refractivity contribution in [2.45, 2.75) is 45.1 Å². The Bertz CT molecular complexity index is 1130. The lowest BCUT2D eigenvalue weighted by Crippen LogP contribution is -2.47. The fourth-order valence-corrected chi connectivity index (χ4v) is 5.22. The van der Waals surface area contributed by atoms with Crippen LogP contribution in [0.15, 0.2) is 24.5 Å². The van der Waals surface area contributed by atoms with Crippen LogP contribution < -0.4 is 10.1 Å². The van der Waals surface area contributed by atoms with Crippen molar-refractivity contribution in [2.24, 2.45) is 17.8 Å². The summed E-state index contributed by atoms with van der Waals surface area (Å²) in [6.45, 7) is 13.0. The van der Waals surface area contributed by atoms with Crippen LogP contribution in [-0.2, 0) is 4.74 Å². The summed E-state index contributed by atoms with van der Waals surface area (Å²) in [4.78, 5) is 26.5. The molecule has 2 aromatic rings. The van der Waals surface area contributed by atoms with Crippen LogP contribution in [0.5, 0.6) is 5.88 Å². The lowest BCUT2D eigenvalue weighted by Gasteiger charge is -2.37. The van der Waals surface area contributed by atoms with Gasteiger partial charge in [-0.3, -0.25) is 0 Å². The minimum absolute atomic E-state index is 0.165. The number of nitrogens with one attached hydrogen (secondary N) is 1. The number of rotatable bonds is 6. The summed E-state index contributed by atoms with van der Waals surface area (Å²) in [6, 6.07) is 5.09. The predicted molar refractivity (Wildman–Crippen MR) is 129 cm³/mol. The average molecular weight is 482 g/mol. The molecule has 2 saturated carbocycles. The highest BCUT2D eigenvalue weighted by Gasteiger charge is 2.47. The molecule has 2 aliphatic carbocycles. The van der Waals surface area contributed by atoms with E-state index in [1.807, 2.05) is 18.7 Å². The van der Waals surface area contributed by atoms with E-state index in [2.05, 4.69) is 20.1 Å². The number of hydrogen-bond acceptors (Lipinski definition) is 6. The van der Waals surface area contributed by atoms with Gasteiger partial charge in [0.2, 0.25) is 5.88 Å². The summed E-state index contributed by atoms with van der Waals surface area (Å²) in [5, 5.41) is 3.67. The molecule has 178 valence electrons. The van der Waals surface area contributed by atoms with Gasteiger partial charge in [0.25, 0.3) is 0 Å². The number of hydrogen-bond donors (Lipinski definition) is 1. The highest BCUT2D eigenvalue weighted by molar-refractivity contribution is 6.33. The van der Waals surface area contributed by atoms with Crippen LogP contribution in [0.2, 0.25) is 5.02 Å². The van der Waals surface area contributed by atoms with Crippen molar-refractivity contribution in [1.82, 2.24) is 14.9 Å². The van der Waals surface area contributed by atoms with Crippen molar-refractivity contribution in [1.29, 1.82) is 0 Å². The van der Waals surface area contributed by atoms with E-state index in [1.165, 1.54) is 6.33 Å². The molecule has 34 heavy (non-hydrogen) atoms. The fraction of sp³-hybridized carbons (Fsp3) is 0.520. The molecular weight excluding hydrogens is 454 g/mol. The number of benzene rings is 1. The van der Waals surface area contributed by atoms with Gasteiger partial charge in [0, 0.05) is 19.0 Å². The molecule has 0 radical (unpaired) electrons. The topological polar surface area (TPSA) is 80.9 Å². The van der Waals surface area contributed by atoms with E-state index < -0.39 is 0 Å². The molecule has 2 unspecified atom stereocenters. The first-order valence-corrected chi connectivity index (χ1v) is 12.1. The number of ether oxygens (including phenoxy) is 2. The number of fused-ring (bicyclic) bond motifs is 2. The number of nitrogens with zero attached hydrogens (tertiary/aromatic N) is 4. The van der Waals surface area contributed by atoms with E-state index in [9.17, 15) is 4.79 Å². The van der Waals surface area contributed by atoms with Crippen LogP contribution in [0.1, 0.15) is 38.2 Å². The Labute approximate surface area is 204 Å². The summed E-state index contributed by atoms with van der Waals surface area (Å²) in [6.07, 6.45) is 5.44. The van der Waals surface area contributed by atoms with E-state index in [1.54, 1.807) is 18.2 Å². The molecule has 1 amide bonds. The Hall–Kier alpha value is -3.05. The van der Waals surface area contributed by atoms with Crippen LogP contribution in [0, 0.1) is 31.2 Å². The minimum atomic E-state index is -0.240. The zero-order valence-electron chi connectivity index (χ0n) is 19.4. The fourth-order valence-electron chi connectivity index (χ4n) is 4.99. The van der Waals surface area contributed by atoms with Crippen LogP contribution in [0.25, 0.3) is 4.85 Å². The second kappa shape index (κ2) is 8.95. The molecule has 2 heterocycles. The van der Waals surface area contributed by atoms with Crippen molar-refractivity contribution in [3.8, 4) is 5.88 Å². The summed E-state index contributed by atoms with van der Waals surface area (Å²) < 4.78 is 11.9. The molecular formula is C25H28ClN5O3. The van der Waals surface area contributed by atoms with E-state index in [0.29, 0.717) is 52.5 Å². The number of anilines is 2. The van der Waals surface area contributed by atoms with Crippen molar-refractivity contribution in [3.05, 3.63) is 46.5 Å². The molecule has 3 fully saturated rings. The Morgan fingerprint density at radius 1 is 1.29 bits per heavy atom. The maximum absolute atomic E-state index is 12.6. The number of carbonyl (C=O) groups is 1. The maximum Gasteiger partial charge on any atom is 0.410 e. The van der Waals surface area contributed by atoms with Crippen LogP contribution in [0.4, 0.5) is 22.0 Å². The number of piperidine rings is 1. The van der Waals surface area contributed by atoms with Gasteiger partial charge in [-0.05, 0) is 63.5 Å². The summed E-state index contributed by atoms with van der Waals surface area (Å²) in [7, 11) is 0. The highest BCUT2D eigenvalue weighted by Crippen LogP contribution is 2.44. The Kier molecular flexibility index (Phi) is 5.98. The number of carbonyl (C=O) groups excluding carboxylic acids is 1. The molecule has 9 heteroatoms. The van der Waals surface area contributed by atoms with Crippen LogP contribution >= 0.6 is 11.6 Å². The van der Waals surface area contributed by atoms with Crippen molar-refractivity contribution >= 4 is 34.9 Å². The molecule has 2 bridgehead atoms. The van der Waals surface area contributed by atoms with Crippen LogP contribution in [-0.4, -0.2) is 46.3 Å². The molecule has 1 saturated heterocycles. The molecule has 1 N–H and O–H groups in total. The zero-order chi connectivity index (χ0) is 23.9. The molecule has 1 aromatic heterocycles. The normalized spacial score (nSPS) is 24.3. The average Bonchev–Trinajstić information content (AvgIpc) is 3.50. The number of likely N-dealkylation sites (tertiary alicyclic amines) is 1. The van der Waals surface area contributed by atoms with E-state index in [-0.39, 0.29) is 11.7 Å². The first-order chi connectivity index (χ1) is 16.3. The van der Waals surface area contributed by atoms with Gasteiger partial charge in [0.1, 0.15) is 17.7 Å². The van der Waals surface area contributed by atoms with Crippen molar-refractivity contribution in [3.63, 3.8) is 0 Å². The third kappa shape index (κ3) is 4.62. The van der Waals surface area contributed by atoms with Crippen molar-refractivity contribution < 1.29 is 14.3 Å². The SMILES string of the molecule is [C-]#[N+]c1ccc(Nc2ncnc(OCC3C4CCC3CN(C(=O)OC3(C)CC3)C4)c2C)c(Cl)c1. The summed E-state index contributed by atoms with van der Waals surface area (Å²) in [5.41, 5.74) is 1.70. The lowest BCUT2D eigenvalue weighted by atomic mass is 9.86. The van der Waals surface area contributed by atoms with E-state index in [0.717, 1.165) is 44.3 Å². The Balaban J connectivity index is 1.21. The summed E-state index contributed by atoms with van der Waals surface area (Å²) in [5.74, 6) is 2.36. The number of amides is 1. The molecule has 0 spiro atoms. The number of halogens is 1. The zero-order valence-corrected chi connectivity index (χ0v) is 20.1. The van der Waals surface area contributed by atoms with E-state index >= 15 is 0 Å². The Morgan fingerprint density at radius 3 is 2.68 bits per heavy atom. The summed E-state index contributed by atoms with van der Waals surface area (Å²) >= 11 is 6.31. The molecule has 5 rings (SSSR count). The Morgan fingerprint density at radius 2 is 2.03 bits per heavy atom. The molecule has 8 nitrogen and oxygen atoms in total. The van der Waals surface area contributed by atoms with Crippen molar-refractivity contribution in [2.75, 3.05) is 25.0 Å². The third-order valence-corrected chi connectivity index (χ3v) is 7.67. The monoisotopic (exact) mass is 481 g/mol. The second-order valence-electron chi connectivity index (χ2n) is 9.85. The molecule has 3 aliphatic rings. The van der Waals surface area contributed by atoms with Gasteiger partial charge in [0.15, 0.2) is 5.69 Å². The quantitative estimate of drug-likeness (QED) is 0.528. The third-order valence-electron chi connectivity index (χ3n) is 7.36. The van der Waals surface area contributed by atoms with Gasteiger partial charge in [-0.2, -0.15) is 0 Å². The second-order valence-corrected chi connectivity index (χ2v) is 10.3. The smallest absolute Gasteiger partial charge is 0.410 e. The highest BCUT2D eigenvalue weighted by atomic mass is 35.5. The molecule has 1 aliphatic heterocycles. The predicted octanol–water partition coefficient (Wildman–Crippen LogP) is 5.76. The van der Waals surface area contributed by atoms with Gasteiger partial charge in [-0.25, -0.2) is 19.6 Å². The molecule has 2 atom stereocenters. The number of aromatic nitrogens is 2. The first-order valence-electron chi connectivity index (χ1n) is 11.7. The van der Waals surface area contributed by atoms with Gasteiger partial charge < -0.3 is 19.7 Å². The largest absolute Gasteiger partial charge is 0.477 e. The van der Waals surface area contributed by atoms with Gasteiger partial charge in [-0.15, -0.1) is 0 Å². The van der Waals surface area contributed by atoms with Gasteiger partial charge in [0.05, 0.1) is 29.5 Å². The van der Waals surface area contributed by atoms with E-state index in [4.69, 9.17) is 27.6 Å². The van der Waals surface area contributed by atoms with Crippen LogP contribution in [0.3, 0.4) is 0 Å². The van der Waals surface area contributed by atoms with Gasteiger partial charge >= 0.3 is 6.09 Å². The standard InChI is InChI=1S/C25H28ClN5O3/c1-15-22(30-21-7-6-18(27-3)10-20(21)26)28-14-29-23(15)33-13-19-16-4-5-17(19)12-31(11-16)24(32)34-25(2)8-9-25/h6-7,10,14,16-17,19H,4-5,8-9,11-13H2,1-2H3,(H,28,29,30).